The highest BCUT2D eigenvalue weighted by atomic mass is 35.5. The van der Waals surface area contributed by atoms with Crippen LogP contribution in [0.4, 0.5) is 11.4 Å². The molecule has 46 heavy (non-hydrogen) atoms. The monoisotopic (exact) mass is 736 g/mol. The summed E-state index contributed by atoms with van der Waals surface area (Å²) in [6.45, 7) is 0. The second-order valence-electron chi connectivity index (χ2n) is 9.44. The van der Waals surface area contributed by atoms with Crippen LogP contribution in [-0.4, -0.2) is 70.0 Å². The van der Waals surface area contributed by atoms with E-state index in [1.165, 1.54) is 48.5 Å². The van der Waals surface area contributed by atoms with Gasteiger partial charge in [-0.1, -0.05) is 12.1 Å². The Morgan fingerprint density at radius 3 is 1.70 bits per heavy atom. The van der Waals surface area contributed by atoms with Gasteiger partial charge in [-0.2, -0.15) is 25.3 Å². The van der Waals surface area contributed by atoms with Crippen molar-refractivity contribution in [3.8, 4) is 5.75 Å². The van der Waals surface area contributed by atoms with Crippen molar-refractivity contribution in [1.29, 1.82) is 0 Å². The van der Waals surface area contributed by atoms with E-state index in [1.54, 1.807) is 0 Å². The van der Waals surface area contributed by atoms with Crippen molar-refractivity contribution in [2.75, 3.05) is 22.7 Å². The average Bonchev–Trinajstić information content (AvgIpc) is 2.92. The van der Waals surface area contributed by atoms with Gasteiger partial charge in [-0.25, -0.2) is 8.42 Å². The molecule has 0 saturated carbocycles. The van der Waals surface area contributed by atoms with Gasteiger partial charge in [-0.05, 0) is 65.5 Å². The van der Waals surface area contributed by atoms with Crippen molar-refractivity contribution < 1.29 is 57.2 Å². The molecule has 248 valence electrons. The van der Waals surface area contributed by atoms with Gasteiger partial charge in [0.25, 0.3) is 36.3 Å². The lowest BCUT2D eigenvalue weighted by atomic mass is 10.1. The molecule has 1 amide bonds. The molecule has 0 spiro atoms. The van der Waals surface area contributed by atoms with Gasteiger partial charge < -0.3 is 16.2 Å². The average molecular weight is 737 g/mol. The van der Waals surface area contributed by atoms with Gasteiger partial charge in [0.1, 0.15) is 5.75 Å². The summed E-state index contributed by atoms with van der Waals surface area (Å²) in [6.07, 6.45) is 0. The largest absolute Gasteiger partial charge is 0.507 e. The molecule has 20 heteroatoms. The zero-order valence-electron chi connectivity index (χ0n) is 23.1. The number of hydrogen-bond acceptors (Lipinski definition) is 11. The standard InChI is InChI=1S/C20H18ClNO10S3.C6H7NO3S/c21-5-6-33(25,26)11-12-1-3-13(4-2-12)20(24)22-17-9-15(34(27,28)29)7-14-8-16(35(30,31)32)10-18(23)19(14)17;7-5-1-3-6(4-2-5)11(8,9)10/h1-4,7-10,23H,5-6,11H2,(H,22,24)(H,27,28,29)(H,30,31,32);1-4H,7H2,(H,8,9,10). The fourth-order valence-corrected chi connectivity index (χ4v) is 7.21. The maximum absolute atomic E-state index is 12.8. The molecule has 4 aromatic carbocycles. The van der Waals surface area contributed by atoms with Gasteiger partial charge in [0.05, 0.1) is 31.9 Å². The molecule has 0 aliphatic heterocycles. The molecule has 0 fully saturated rings. The maximum Gasteiger partial charge on any atom is 0.294 e. The third-order valence-electron chi connectivity index (χ3n) is 5.99. The lowest BCUT2D eigenvalue weighted by molar-refractivity contribution is 0.102. The minimum Gasteiger partial charge on any atom is -0.507 e. The molecule has 0 aliphatic rings. The van der Waals surface area contributed by atoms with Crippen LogP contribution in [0.3, 0.4) is 0 Å². The first-order valence-corrected chi connectivity index (χ1v) is 19.0. The molecule has 0 atom stereocenters. The van der Waals surface area contributed by atoms with E-state index in [2.05, 4.69) is 5.32 Å². The molecular formula is C26H25ClN2O13S4. The van der Waals surface area contributed by atoms with Crippen LogP contribution in [-0.2, 0) is 45.9 Å². The number of rotatable bonds is 9. The zero-order chi connectivity index (χ0) is 34.7. The van der Waals surface area contributed by atoms with Gasteiger partial charge in [0, 0.05) is 28.6 Å². The Balaban J connectivity index is 0.000000441. The third-order valence-corrected chi connectivity index (χ3v) is 10.5. The molecule has 4 aromatic rings. The number of benzene rings is 4. The summed E-state index contributed by atoms with van der Waals surface area (Å²) in [7, 11) is -17.1. The van der Waals surface area contributed by atoms with E-state index in [0.717, 1.165) is 18.2 Å². The Morgan fingerprint density at radius 1 is 0.717 bits per heavy atom. The van der Waals surface area contributed by atoms with Crippen LogP contribution in [0.15, 0.2) is 87.5 Å². The van der Waals surface area contributed by atoms with E-state index in [1.807, 2.05) is 0 Å². The van der Waals surface area contributed by atoms with Crippen molar-refractivity contribution in [2.45, 2.75) is 20.4 Å². The number of phenolic OH excluding ortho intramolecular Hbond substituents is 1. The van der Waals surface area contributed by atoms with Crippen LogP contribution in [0, 0.1) is 0 Å². The van der Waals surface area contributed by atoms with Gasteiger partial charge in [-0.15, -0.1) is 11.6 Å². The van der Waals surface area contributed by atoms with Crippen LogP contribution in [0.5, 0.6) is 5.75 Å². The first-order valence-electron chi connectivity index (χ1n) is 12.4. The fraction of sp³-hybridized carbons (Fsp3) is 0.115. The van der Waals surface area contributed by atoms with E-state index in [0.29, 0.717) is 17.3 Å². The van der Waals surface area contributed by atoms with Gasteiger partial charge in [-0.3, -0.25) is 18.5 Å². The van der Waals surface area contributed by atoms with Crippen LogP contribution >= 0.6 is 11.6 Å². The minimum absolute atomic E-state index is 0.0444. The molecular weight excluding hydrogens is 712 g/mol. The SMILES string of the molecule is Nc1ccc(S(=O)(=O)O)cc1.O=C(Nc1cc(S(=O)(=O)O)cc2cc(S(=O)(=O)O)cc(O)c12)c1ccc(CS(=O)(=O)CCCl)cc1. The number of hydrogen-bond donors (Lipinski definition) is 6. The first-order chi connectivity index (χ1) is 21.1. The fourth-order valence-electron chi connectivity index (χ4n) is 3.87. The number of aromatic hydroxyl groups is 1. The molecule has 0 bridgehead atoms. The number of fused-ring (bicyclic) bond motifs is 1. The number of carbonyl (C=O) groups is 1. The van der Waals surface area contributed by atoms with Crippen LogP contribution < -0.4 is 11.1 Å². The van der Waals surface area contributed by atoms with E-state index in [4.69, 9.17) is 21.9 Å². The van der Waals surface area contributed by atoms with Gasteiger partial charge in [0.15, 0.2) is 9.84 Å². The van der Waals surface area contributed by atoms with E-state index in [-0.39, 0.29) is 44.3 Å². The minimum atomic E-state index is -4.82. The number of sulfone groups is 1. The summed E-state index contributed by atoms with van der Waals surface area (Å²) in [4.78, 5) is 11.2. The second-order valence-corrected chi connectivity index (χ2v) is 16.3. The lowest BCUT2D eigenvalue weighted by Crippen LogP contribution is -2.14. The summed E-state index contributed by atoms with van der Waals surface area (Å²) in [5, 5.41) is 12.4. The number of halogens is 1. The molecule has 0 aromatic heterocycles. The Hall–Kier alpha value is -3.82. The van der Waals surface area contributed by atoms with Crippen molar-refractivity contribution in [1.82, 2.24) is 0 Å². The number of anilines is 2. The summed E-state index contributed by atoms with van der Waals surface area (Å²) < 4.78 is 118. The molecule has 0 saturated heterocycles. The summed E-state index contributed by atoms with van der Waals surface area (Å²) in [5.74, 6) is -2.04. The normalized spacial score (nSPS) is 12.3. The number of nitrogen functional groups attached to an aromatic ring is 1. The number of alkyl halides is 1. The van der Waals surface area contributed by atoms with Crippen molar-refractivity contribution in [2.24, 2.45) is 0 Å². The van der Waals surface area contributed by atoms with Gasteiger partial charge in [0.2, 0.25) is 0 Å². The Morgan fingerprint density at radius 2 is 1.22 bits per heavy atom. The molecule has 7 N–H and O–H groups in total. The van der Waals surface area contributed by atoms with Crippen molar-refractivity contribution >= 4 is 79.8 Å². The second kappa shape index (κ2) is 13.9. The lowest BCUT2D eigenvalue weighted by Gasteiger charge is -2.13. The highest BCUT2D eigenvalue weighted by Crippen LogP contribution is 2.37. The summed E-state index contributed by atoms with van der Waals surface area (Å²) in [6, 6.07) is 14.0. The number of nitrogens with two attached hydrogens (primary N) is 1. The van der Waals surface area contributed by atoms with E-state index in [9.17, 15) is 52.7 Å². The summed E-state index contributed by atoms with van der Waals surface area (Å²) >= 11 is 5.47. The first kappa shape index (κ1) is 36.6. The highest BCUT2D eigenvalue weighted by molar-refractivity contribution is 7.90. The quantitative estimate of drug-likeness (QED) is 0.0819. The topological polar surface area (TPSA) is 273 Å². The van der Waals surface area contributed by atoms with Crippen LogP contribution in [0.1, 0.15) is 15.9 Å². The Labute approximate surface area is 268 Å². The van der Waals surface area contributed by atoms with Gasteiger partial charge >= 0.3 is 0 Å². The van der Waals surface area contributed by atoms with E-state index < -0.39 is 61.6 Å². The number of nitrogens with one attached hydrogen (secondary N) is 1. The molecule has 0 aliphatic carbocycles. The Bertz CT molecular complexity index is 2220. The summed E-state index contributed by atoms with van der Waals surface area (Å²) in [5.41, 5.74) is 5.91. The Kier molecular flexibility index (Phi) is 11.1. The predicted molar refractivity (Wildman–Crippen MR) is 169 cm³/mol. The maximum atomic E-state index is 12.8. The smallest absolute Gasteiger partial charge is 0.294 e. The zero-order valence-corrected chi connectivity index (χ0v) is 27.1. The van der Waals surface area contributed by atoms with Crippen molar-refractivity contribution in [3.63, 3.8) is 0 Å². The number of amides is 1. The van der Waals surface area contributed by atoms with Crippen LogP contribution in [0.25, 0.3) is 10.8 Å². The molecule has 0 heterocycles. The predicted octanol–water partition coefficient (Wildman–Crippen LogP) is 2.96. The molecule has 4 rings (SSSR count). The van der Waals surface area contributed by atoms with Crippen LogP contribution in [0.2, 0.25) is 0 Å². The number of carbonyl (C=O) groups excluding carboxylic acids is 1. The van der Waals surface area contributed by atoms with E-state index >= 15 is 0 Å². The third kappa shape index (κ3) is 9.84. The molecule has 0 radical (unpaired) electrons. The molecule has 15 nitrogen and oxygen atoms in total. The molecule has 0 unspecified atom stereocenters. The van der Waals surface area contributed by atoms with Crippen molar-refractivity contribution in [3.05, 3.63) is 83.9 Å². The highest BCUT2D eigenvalue weighted by Gasteiger charge is 2.21. The number of phenols is 1.